The zero-order valence-corrected chi connectivity index (χ0v) is 14.5. The summed E-state index contributed by atoms with van der Waals surface area (Å²) in [5.41, 5.74) is 7.86. The monoisotopic (exact) mass is 366 g/mol. The Morgan fingerprint density at radius 1 is 1.22 bits per heavy atom. The molecule has 27 heavy (non-hydrogen) atoms. The molecule has 0 unspecified atom stereocenters. The fraction of sp³-hybridized carbons (Fsp3) is 0.158. The lowest BCUT2D eigenvalue weighted by molar-refractivity contribution is -0.138. The van der Waals surface area contributed by atoms with Gasteiger partial charge < -0.3 is 15.9 Å². The number of aromatic nitrogens is 3. The zero-order valence-electron chi connectivity index (χ0n) is 14.5. The number of hydrogen-bond acceptors (Lipinski definition) is 6. The van der Waals surface area contributed by atoms with Crippen LogP contribution in [0, 0.1) is 6.92 Å². The number of carboxylic acids is 1. The van der Waals surface area contributed by atoms with Gasteiger partial charge in [-0.3, -0.25) is 9.59 Å². The van der Waals surface area contributed by atoms with E-state index in [-0.39, 0.29) is 11.4 Å². The van der Waals surface area contributed by atoms with Crippen LogP contribution < -0.4 is 5.73 Å². The molecule has 0 radical (unpaired) electrons. The quantitative estimate of drug-likeness (QED) is 0.568. The van der Waals surface area contributed by atoms with Gasteiger partial charge in [0.05, 0.1) is 11.9 Å². The van der Waals surface area contributed by atoms with Crippen LogP contribution in [0.25, 0.3) is 16.8 Å². The first kappa shape index (κ1) is 18.3. The van der Waals surface area contributed by atoms with Crippen molar-refractivity contribution in [3.63, 3.8) is 0 Å². The van der Waals surface area contributed by atoms with E-state index in [9.17, 15) is 14.7 Å². The molecule has 0 aliphatic heterocycles. The lowest BCUT2D eigenvalue weighted by Crippen LogP contribution is -2.32. The van der Waals surface area contributed by atoms with Crippen molar-refractivity contribution in [3.05, 3.63) is 60.2 Å². The number of carboxylic acid groups (broad SMARTS) is 1. The van der Waals surface area contributed by atoms with Crippen molar-refractivity contribution in [2.75, 3.05) is 0 Å². The molecule has 2 aromatic heterocycles. The van der Waals surface area contributed by atoms with Crippen LogP contribution in [0.15, 0.2) is 48.9 Å². The third-order valence-corrected chi connectivity index (χ3v) is 4.21. The van der Waals surface area contributed by atoms with E-state index in [1.54, 1.807) is 24.0 Å². The van der Waals surface area contributed by atoms with Crippen molar-refractivity contribution in [2.45, 2.75) is 19.4 Å². The Hall–Kier alpha value is -3.52. The number of Topliss-reactive ketones (excluding diaryl/α,β-unsaturated/α-hetero) is 1. The van der Waals surface area contributed by atoms with Crippen molar-refractivity contribution in [1.82, 2.24) is 14.8 Å². The molecule has 0 saturated heterocycles. The zero-order chi connectivity index (χ0) is 19.6. The molecule has 0 aliphatic carbocycles. The summed E-state index contributed by atoms with van der Waals surface area (Å²) in [6.45, 7) is 1.65. The molecule has 4 N–H and O–H groups in total. The fourth-order valence-electron chi connectivity index (χ4n) is 2.65. The van der Waals surface area contributed by atoms with E-state index in [2.05, 4.69) is 10.1 Å². The fourth-order valence-corrected chi connectivity index (χ4v) is 2.65. The van der Waals surface area contributed by atoms with Crippen molar-refractivity contribution in [2.24, 2.45) is 5.73 Å². The molecule has 0 spiro atoms. The first-order valence-corrected chi connectivity index (χ1v) is 8.19. The van der Waals surface area contributed by atoms with E-state index in [1.165, 1.54) is 6.20 Å². The minimum atomic E-state index is -1.34. The van der Waals surface area contributed by atoms with Crippen LogP contribution in [0.3, 0.4) is 0 Å². The minimum Gasteiger partial charge on any atom is -0.505 e. The first-order chi connectivity index (χ1) is 12.9. The highest BCUT2D eigenvalue weighted by molar-refractivity contribution is 6.00. The van der Waals surface area contributed by atoms with Crippen molar-refractivity contribution in [1.29, 1.82) is 0 Å². The maximum Gasteiger partial charge on any atom is 0.320 e. The molecule has 8 nitrogen and oxygen atoms in total. The van der Waals surface area contributed by atoms with Crippen LogP contribution in [-0.2, 0) is 4.79 Å². The second-order valence-electron chi connectivity index (χ2n) is 6.08. The smallest absolute Gasteiger partial charge is 0.320 e. The van der Waals surface area contributed by atoms with Crippen molar-refractivity contribution >= 4 is 11.8 Å². The van der Waals surface area contributed by atoms with Gasteiger partial charge in [-0.05, 0) is 19.1 Å². The van der Waals surface area contributed by atoms with Crippen molar-refractivity contribution in [3.8, 4) is 22.6 Å². The molecule has 8 heteroatoms. The largest absolute Gasteiger partial charge is 0.505 e. The lowest BCUT2D eigenvalue weighted by Gasteiger charge is -2.10. The van der Waals surface area contributed by atoms with E-state index in [1.807, 2.05) is 30.3 Å². The standard InChI is InChI=1S/C19H18N4O4/c1-11-14(12-8-22-23(10-12)13-5-3-2-4-6-13)9-21-17(18(11)25)16(24)7-15(20)19(26)27/h2-6,8-10,15,25H,7,20H2,1H3,(H,26,27)/t15-/m0/s1. The Kier molecular flexibility index (Phi) is 5.00. The molecule has 3 rings (SSSR count). The Balaban J connectivity index is 1.91. The number of aliphatic carboxylic acids is 1. The maximum atomic E-state index is 12.2. The molecular formula is C19H18N4O4. The van der Waals surface area contributed by atoms with Gasteiger partial charge in [-0.15, -0.1) is 0 Å². The topological polar surface area (TPSA) is 131 Å². The Bertz CT molecular complexity index is 998. The van der Waals surface area contributed by atoms with Gasteiger partial charge in [0, 0.05) is 35.5 Å². The summed E-state index contributed by atoms with van der Waals surface area (Å²) in [6, 6.07) is 8.18. The molecule has 0 fully saturated rings. The summed E-state index contributed by atoms with van der Waals surface area (Å²) < 4.78 is 1.69. The highest BCUT2D eigenvalue weighted by atomic mass is 16.4. The van der Waals surface area contributed by atoms with Crippen molar-refractivity contribution < 1.29 is 19.8 Å². The summed E-state index contributed by atoms with van der Waals surface area (Å²) in [6.07, 6.45) is 4.44. The number of carbonyl (C=O) groups is 2. The predicted molar refractivity (Wildman–Crippen MR) is 97.8 cm³/mol. The van der Waals surface area contributed by atoms with Crippen LogP contribution in [0.1, 0.15) is 22.5 Å². The van der Waals surface area contributed by atoms with E-state index < -0.39 is 24.2 Å². The normalized spacial score (nSPS) is 11.9. The molecule has 1 atom stereocenters. The van der Waals surface area contributed by atoms with Crippen LogP contribution in [-0.4, -0.2) is 42.8 Å². The van der Waals surface area contributed by atoms with E-state index >= 15 is 0 Å². The molecule has 0 amide bonds. The molecule has 0 bridgehead atoms. The average molecular weight is 366 g/mol. The Labute approximate surface area is 154 Å². The number of nitrogens with zero attached hydrogens (tertiary/aromatic N) is 3. The summed E-state index contributed by atoms with van der Waals surface area (Å²) >= 11 is 0. The SMILES string of the molecule is Cc1c(-c2cnn(-c3ccccc3)c2)cnc(C(=O)C[C@H](N)C(=O)O)c1O. The van der Waals surface area contributed by atoms with Gasteiger partial charge in [0.15, 0.2) is 5.78 Å². The third kappa shape index (κ3) is 3.70. The molecule has 3 aromatic rings. The second kappa shape index (κ2) is 7.38. The van der Waals surface area contributed by atoms with E-state index in [0.717, 1.165) is 11.3 Å². The van der Waals surface area contributed by atoms with E-state index in [4.69, 9.17) is 10.8 Å². The number of ketones is 1. The second-order valence-corrected chi connectivity index (χ2v) is 6.08. The summed E-state index contributed by atoms with van der Waals surface area (Å²) in [7, 11) is 0. The highest BCUT2D eigenvalue weighted by Gasteiger charge is 2.23. The van der Waals surface area contributed by atoms with E-state index in [0.29, 0.717) is 11.1 Å². The molecule has 138 valence electrons. The number of nitrogens with two attached hydrogens (primary N) is 1. The number of rotatable bonds is 6. The van der Waals surface area contributed by atoms with Gasteiger partial charge >= 0.3 is 5.97 Å². The molecule has 2 heterocycles. The predicted octanol–water partition coefficient (Wildman–Crippen LogP) is 1.93. The number of hydrogen-bond donors (Lipinski definition) is 3. The molecule has 1 aromatic carbocycles. The van der Waals surface area contributed by atoms with Gasteiger partial charge in [-0.1, -0.05) is 18.2 Å². The number of para-hydroxylation sites is 1. The van der Waals surface area contributed by atoms with Crippen LogP contribution in [0.4, 0.5) is 0 Å². The molecule has 0 saturated carbocycles. The van der Waals surface area contributed by atoms with Gasteiger partial charge in [0.2, 0.25) is 0 Å². The number of aromatic hydroxyl groups is 1. The summed E-state index contributed by atoms with van der Waals surface area (Å²) in [4.78, 5) is 27.0. The number of benzene rings is 1. The molecule has 0 aliphatic rings. The first-order valence-electron chi connectivity index (χ1n) is 8.19. The highest BCUT2D eigenvalue weighted by Crippen LogP contribution is 2.31. The van der Waals surface area contributed by atoms with Gasteiger partial charge in [0.25, 0.3) is 0 Å². The summed E-state index contributed by atoms with van der Waals surface area (Å²) in [5.74, 6) is -2.20. The van der Waals surface area contributed by atoms with Crippen LogP contribution in [0.5, 0.6) is 5.75 Å². The van der Waals surface area contributed by atoms with Crippen LogP contribution in [0.2, 0.25) is 0 Å². The average Bonchev–Trinajstić information content (AvgIpc) is 3.14. The number of pyridine rings is 1. The van der Waals surface area contributed by atoms with Gasteiger partial charge in [0.1, 0.15) is 17.5 Å². The van der Waals surface area contributed by atoms with Crippen LogP contribution >= 0.6 is 0 Å². The minimum absolute atomic E-state index is 0.191. The maximum absolute atomic E-state index is 12.2. The Morgan fingerprint density at radius 3 is 2.59 bits per heavy atom. The van der Waals surface area contributed by atoms with Gasteiger partial charge in [-0.25, -0.2) is 9.67 Å². The lowest BCUT2D eigenvalue weighted by atomic mass is 10.0. The van der Waals surface area contributed by atoms with Gasteiger partial charge in [-0.2, -0.15) is 5.10 Å². The molecular weight excluding hydrogens is 348 g/mol. The number of carbonyl (C=O) groups excluding carboxylic acids is 1. The Morgan fingerprint density at radius 2 is 1.93 bits per heavy atom. The third-order valence-electron chi connectivity index (χ3n) is 4.21. The summed E-state index contributed by atoms with van der Waals surface area (Å²) in [5, 5.41) is 23.5.